The Labute approximate surface area is 110 Å². The van der Waals surface area contributed by atoms with Crippen molar-refractivity contribution < 1.29 is 17.9 Å². The fraction of sp³-hybridized carbons (Fsp3) is 0.0769. The second-order valence-corrected chi connectivity index (χ2v) is 5.80. The number of benzene rings is 2. The van der Waals surface area contributed by atoms with E-state index in [9.17, 15) is 12.8 Å². The molecule has 0 saturated carbocycles. The molecule has 0 atom stereocenters. The smallest absolute Gasteiger partial charge is 0.261 e. The number of sulfonamides is 1. The molecule has 0 spiro atoms. The molecule has 2 aromatic rings. The average molecular weight is 281 g/mol. The maximum absolute atomic E-state index is 13.2. The van der Waals surface area contributed by atoms with Crippen LogP contribution in [0.15, 0.2) is 47.4 Å². The summed E-state index contributed by atoms with van der Waals surface area (Å²) in [6.07, 6.45) is 0. The Morgan fingerprint density at radius 1 is 1.11 bits per heavy atom. The van der Waals surface area contributed by atoms with Gasteiger partial charge in [0.25, 0.3) is 10.0 Å². The molecule has 0 aromatic heterocycles. The number of anilines is 1. The van der Waals surface area contributed by atoms with Crippen LogP contribution in [0.2, 0.25) is 0 Å². The van der Waals surface area contributed by atoms with Crippen LogP contribution in [0.4, 0.5) is 10.1 Å². The Hall–Kier alpha value is -2.08. The lowest BCUT2D eigenvalue weighted by molar-refractivity contribution is 0.475. The lowest BCUT2D eigenvalue weighted by atomic mass is 10.2. The van der Waals surface area contributed by atoms with Gasteiger partial charge in [-0.3, -0.25) is 4.72 Å². The summed E-state index contributed by atoms with van der Waals surface area (Å²) in [5, 5.41) is 9.12. The van der Waals surface area contributed by atoms with Crippen molar-refractivity contribution in [3.63, 3.8) is 0 Å². The number of aryl methyl sites for hydroxylation is 1. The molecule has 0 radical (unpaired) electrons. The Morgan fingerprint density at radius 3 is 2.32 bits per heavy atom. The highest BCUT2D eigenvalue weighted by atomic mass is 32.2. The molecule has 0 bridgehead atoms. The molecule has 2 N–H and O–H groups in total. The third-order valence-corrected chi connectivity index (χ3v) is 3.84. The molecule has 0 aliphatic heterocycles. The fourth-order valence-corrected chi connectivity index (χ4v) is 2.68. The van der Waals surface area contributed by atoms with Gasteiger partial charge in [-0.2, -0.15) is 0 Å². The topological polar surface area (TPSA) is 66.4 Å². The summed E-state index contributed by atoms with van der Waals surface area (Å²) in [5.74, 6) is -0.538. The van der Waals surface area contributed by atoms with Crippen molar-refractivity contribution in [2.45, 2.75) is 11.8 Å². The van der Waals surface area contributed by atoms with Gasteiger partial charge in [-0.25, -0.2) is 12.8 Å². The zero-order valence-corrected chi connectivity index (χ0v) is 10.9. The summed E-state index contributed by atoms with van der Waals surface area (Å²) in [6, 6.07) is 9.01. The van der Waals surface area contributed by atoms with Crippen molar-refractivity contribution >= 4 is 15.7 Å². The molecule has 0 amide bonds. The summed E-state index contributed by atoms with van der Waals surface area (Å²) in [5.41, 5.74) is 0.772. The Kier molecular flexibility index (Phi) is 3.44. The van der Waals surface area contributed by atoms with Crippen LogP contribution in [0.25, 0.3) is 0 Å². The number of aromatic hydroxyl groups is 1. The standard InChI is InChI=1S/C13H12FNO3S/c1-9-6-10(14)8-11(7-9)15-19(17,18)13-4-2-12(16)3-5-13/h2-8,15-16H,1H3. The van der Waals surface area contributed by atoms with Crippen molar-refractivity contribution in [3.05, 3.63) is 53.8 Å². The molecule has 0 aliphatic carbocycles. The summed E-state index contributed by atoms with van der Waals surface area (Å²) in [4.78, 5) is -0.00721. The van der Waals surface area contributed by atoms with Gasteiger partial charge in [0.2, 0.25) is 0 Å². The van der Waals surface area contributed by atoms with Gasteiger partial charge >= 0.3 is 0 Å². The molecular weight excluding hydrogens is 269 g/mol. The molecule has 0 aliphatic rings. The monoisotopic (exact) mass is 281 g/mol. The van der Waals surface area contributed by atoms with Crippen LogP contribution >= 0.6 is 0 Å². The van der Waals surface area contributed by atoms with Gasteiger partial charge in [-0.1, -0.05) is 0 Å². The van der Waals surface area contributed by atoms with Crippen molar-refractivity contribution in [1.82, 2.24) is 0 Å². The highest BCUT2D eigenvalue weighted by Gasteiger charge is 2.14. The van der Waals surface area contributed by atoms with E-state index in [2.05, 4.69) is 4.72 Å². The molecule has 100 valence electrons. The van der Waals surface area contributed by atoms with Gasteiger partial charge in [0.15, 0.2) is 0 Å². The van der Waals surface area contributed by atoms with E-state index in [1.807, 2.05) is 0 Å². The molecule has 6 heteroatoms. The Morgan fingerprint density at radius 2 is 1.74 bits per heavy atom. The lowest BCUT2D eigenvalue weighted by Crippen LogP contribution is -2.13. The van der Waals surface area contributed by atoms with Crippen LogP contribution in [-0.2, 0) is 10.0 Å². The third kappa shape index (κ3) is 3.23. The van der Waals surface area contributed by atoms with E-state index in [1.165, 1.54) is 36.4 Å². The highest BCUT2D eigenvalue weighted by molar-refractivity contribution is 7.92. The van der Waals surface area contributed by atoms with E-state index >= 15 is 0 Å². The van der Waals surface area contributed by atoms with Crippen molar-refractivity contribution in [1.29, 1.82) is 0 Å². The summed E-state index contributed by atoms with van der Waals surface area (Å²) < 4.78 is 39.5. The Balaban J connectivity index is 2.33. The number of hydrogen-bond donors (Lipinski definition) is 2. The van der Waals surface area contributed by atoms with Gasteiger partial charge in [0, 0.05) is 0 Å². The zero-order valence-electron chi connectivity index (χ0n) is 10.1. The van der Waals surface area contributed by atoms with Crippen LogP contribution in [0.1, 0.15) is 5.56 Å². The van der Waals surface area contributed by atoms with Gasteiger partial charge < -0.3 is 5.11 Å². The van der Waals surface area contributed by atoms with Gasteiger partial charge in [0.05, 0.1) is 10.6 Å². The second-order valence-electron chi connectivity index (χ2n) is 4.12. The SMILES string of the molecule is Cc1cc(F)cc(NS(=O)(=O)c2ccc(O)cc2)c1. The third-order valence-electron chi connectivity index (χ3n) is 2.44. The summed E-state index contributed by atoms with van der Waals surface area (Å²) in [6.45, 7) is 1.67. The summed E-state index contributed by atoms with van der Waals surface area (Å²) >= 11 is 0. The fourth-order valence-electron chi connectivity index (χ4n) is 1.63. The molecule has 4 nitrogen and oxygen atoms in total. The molecule has 2 rings (SSSR count). The first kappa shape index (κ1) is 13.4. The minimum absolute atomic E-state index is 0.00721. The first-order chi connectivity index (χ1) is 8.87. The maximum atomic E-state index is 13.2. The first-order valence-electron chi connectivity index (χ1n) is 5.46. The summed E-state index contributed by atoms with van der Waals surface area (Å²) in [7, 11) is -3.79. The van der Waals surface area contributed by atoms with Gasteiger partial charge in [-0.05, 0) is 55.0 Å². The van der Waals surface area contributed by atoms with Crippen molar-refractivity contribution in [2.75, 3.05) is 4.72 Å². The first-order valence-corrected chi connectivity index (χ1v) is 6.94. The molecule has 0 unspecified atom stereocenters. The Bertz CT molecular complexity index is 676. The number of phenols is 1. The lowest BCUT2D eigenvalue weighted by Gasteiger charge is -2.09. The predicted molar refractivity (Wildman–Crippen MR) is 70.1 cm³/mol. The zero-order chi connectivity index (χ0) is 14.0. The number of phenolic OH excluding ortho intramolecular Hbond substituents is 1. The quantitative estimate of drug-likeness (QED) is 0.909. The minimum atomic E-state index is -3.79. The van der Waals surface area contributed by atoms with E-state index in [-0.39, 0.29) is 16.3 Å². The highest BCUT2D eigenvalue weighted by Crippen LogP contribution is 2.20. The van der Waals surface area contributed by atoms with Crippen molar-refractivity contribution in [2.24, 2.45) is 0 Å². The molecule has 19 heavy (non-hydrogen) atoms. The molecule has 0 heterocycles. The number of rotatable bonds is 3. The largest absolute Gasteiger partial charge is 0.508 e. The maximum Gasteiger partial charge on any atom is 0.261 e. The molecular formula is C13H12FNO3S. The van der Waals surface area contributed by atoms with Gasteiger partial charge in [0.1, 0.15) is 11.6 Å². The second kappa shape index (κ2) is 4.89. The number of nitrogens with one attached hydrogen (secondary N) is 1. The van der Waals surface area contributed by atoms with E-state index < -0.39 is 15.8 Å². The van der Waals surface area contributed by atoms with Crippen LogP contribution in [0, 0.1) is 12.7 Å². The van der Waals surface area contributed by atoms with Gasteiger partial charge in [-0.15, -0.1) is 0 Å². The molecule has 2 aromatic carbocycles. The van der Waals surface area contributed by atoms with Crippen LogP contribution in [0.3, 0.4) is 0 Å². The van der Waals surface area contributed by atoms with Crippen molar-refractivity contribution in [3.8, 4) is 5.75 Å². The minimum Gasteiger partial charge on any atom is -0.508 e. The predicted octanol–water partition coefficient (Wildman–Crippen LogP) is 2.64. The van der Waals surface area contributed by atoms with Crippen LogP contribution < -0.4 is 4.72 Å². The number of hydrogen-bond acceptors (Lipinski definition) is 3. The van der Waals surface area contributed by atoms with E-state index in [0.29, 0.717) is 5.56 Å². The van der Waals surface area contributed by atoms with E-state index in [4.69, 9.17) is 5.11 Å². The molecule has 0 saturated heterocycles. The molecule has 0 fully saturated rings. The normalized spacial score (nSPS) is 11.3. The van der Waals surface area contributed by atoms with E-state index in [1.54, 1.807) is 6.92 Å². The van der Waals surface area contributed by atoms with E-state index in [0.717, 1.165) is 6.07 Å². The van der Waals surface area contributed by atoms with Crippen LogP contribution in [-0.4, -0.2) is 13.5 Å². The average Bonchev–Trinajstić information content (AvgIpc) is 2.27. The van der Waals surface area contributed by atoms with Crippen LogP contribution in [0.5, 0.6) is 5.75 Å². The number of halogens is 1.